The van der Waals surface area contributed by atoms with Gasteiger partial charge in [0.15, 0.2) is 5.82 Å². The van der Waals surface area contributed by atoms with E-state index in [2.05, 4.69) is 30.6 Å². The van der Waals surface area contributed by atoms with Gasteiger partial charge in [-0.1, -0.05) is 10.3 Å². The highest BCUT2D eigenvalue weighted by molar-refractivity contribution is 5.87. The first-order valence-corrected chi connectivity index (χ1v) is 6.44. The van der Waals surface area contributed by atoms with Gasteiger partial charge in [-0.3, -0.25) is 0 Å². The highest BCUT2D eigenvalue weighted by atomic mass is 16.5. The van der Waals surface area contributed by atoms with Crippen molar-refractivity contribution in [2.24, 2.45) is 0 Å². The summed E-state index contributed by atoms with van der Waals surface area (Å²) in [6.07, 6.45) is 0.540. The monoisotopic (exact) mass is 290 g/mol. The Labute approximate surface area is 119 Å². The predicted molar refractivity (Wildman–Crippen MR) is 71.5 cm³/mol. The molecule has 0 aromatic carbocycles. The zero-order valence-electron chi connectivity index (χ0n) is 11.6. The Balaban J connectivity index is 1.74. The Kier molecular flexibility index (Phi) is 3.48. The normalized spacial score (nSPS) is 11.2. The van der Waals surface area contributed by atoms with E-state index in [1.807, 2.05) is 6.92 Å². The van der Waals surface area contributed by atoms with Crippen molar-refractivity contribution in [3.63, 3.8) is 0 Å². The van der Waals surface area contributed by atoms with Crippen LogP contribution in [-0.4, -0.2) is 36.9 Å². The van der Waals surface area contributed by atoms with Crippen LogP contribution in [0.5, 0.6) is 0 Å². The topological polar surface area (TPSA) is 123 Å². The summed E-state index contributed by atoms with van der Waals surface area (Å²) in [6.45, 7) is 3.92. The molecule has 9 heteroatoms. The van der Waals surface area contributed by atoms with Crippen molar-refractivity contribution in [2.45, 2.75) is 26.9 Å². The smallest absolute Gasteiger partial charge is 0.263 e. The van der Waals surface area contributed by atoms with Crippen LogP contribution in [0.2, 0.25) is 0 Å². The van der Waals surface area contributed by atoms with Crippen molar-refractivity contribution in [1.29, 1.82) is 0 Å². The van der Waals surface area contributed by atoms with Gasteiger partial charge in [-0.25, -0.2) is 4.98 Å². The van der Waals surface area contributed by atoms with E-state index in [1.165, 1.54) is 0 Å². The summed E-state index contributed by atoms with van der Waals surface area (Å²) in [5, 5.41) is 20.5. The third-order valence-electron chi connectivity index (χ3n) is 2.90. The van der Waals surface area contributed by atoms with Gasteiger partial charge in [0.1, 0.15) is 23.6 Å². The van der Waals surface area contributed by atoms with Gasteiger partial charge in [0.25, 0.3) is 11.6 Å². The van der Waals surface area contributed by atoms with Gasteiger partial charge >= 0.3 is 0 Å². The highest BCUT2D eigenvalue weighted by Crippen LogP contribution is 2.23. The summed E-state index contributed by atoms with van der Waals surface area (Å²) in [6, 6.07) is 0. The summed E-state index contributed by atoms with van der Waals surface area (Å²) in [7, 11) is 0. The molecule has 0 unspecified atom stereocenters. The van der Waals surface area contributed by atoms with E-state index < -0.39 is 0 Å². The number of aromatic nitrogens is 5. The molecule has 9 nitrogen and oxygen atoms in total. The third-order valence-corrected chi connectivity index (χ3v) is 2.90. The van der Waals surface area contributed by atoms with Gasteiger partial charge in [0.05, 0.1) is 5.69 Å². The van der Waals surface area contributed by atoms with E-state index in [0.29, 0.717) is 36.1 Å². The number of aliphatic hydroxyl groups excluding tert-OH is 1. The van der Waals surface area contributed by atoms with Crippen molar-refractivity contribution in [2.75, 3.05) is 11.9 Å². The van der Waals surface area contributed by atoms with E-state index >= 15 is 0 Å². The maximum absolute atomic E-state index is 8.86. The van der Waals surface area contributed by atoms with Gasteiger partial charge in [0.2, 0.25) is 0 Å². The van der Waals surface area contributed by atoms with Crippen LogP contribution in [0.15, 0.2) is 9.05 Å². The molecule has 3 aromatic rings. The number of aliphatic hydroxyl groups is 1. The molecular formula is C12H14N6O3. The minimum atomic E-state index is -0.258. The maximum atomic E-state index is 8.86. The van der Waals surface area contributed by atoms with Gasteiger partial charge in [0, 0.05) is 13.0 Å². The molecule has 0 aliphatic carbocycles. The molecule has 0 amide bonds. The fourth-order valence-electron chi connectivity index (χ4n) is 1.97. The minimum Gasteiger partial charge on any atom is -0.387 e. The van der Waals surface area contributed by atoms with Crippen molar-refractivity contribution in [3.8, 4) is 0 Å². The predicted octanol–water partition coefficient (Wildman–Crippen LogP) is 0.765. The molecule has 0 aliphatic heterocycles. The van der Waals surface area contributed by atoms with Crippen molar-refractivity contribution in [1.82, 2.24) is 25.3 Å². The molecule has 2 N–H and O–H groups in total. The Morgan fingerprint density at radius 2 is 1.95 bits per heavy atom. The molecule has 0 spiro atoms. The van der Waals surface area contributed by atoms with Crippen LogP contribution < -0.4 is 5.32 Å². The number of hydrogen-bond acceptors (Lipinski definition) is 9. The maximum Gasteiger partial charge on any atom is 0.263 e. The summed E-state index contributed by atoms with van der Waals surface area (Å²) in [5.74, 6) is 2.00. The molecule has 110 valence electrons. The van der Waals surface area contributed by atoms with E-state index in [1.54, 1.807) is 6.92 Å². The van der Waals surface area contributed by atoms with Gasteiger partial charge in [-0.15, -0.1) is 0 Å². The Morgan fingerprint density at radius 1 is 1.10 bits per heavy atom. The lowest BCUT2D eigenvalue weighted by molar-refractivity contribution is 0.222. The summed E-state index contributed by atoms with van der Waals surface area (Å²) in [4.78, 5) is 12.6. The molecule has 0 saturated carbocycles. The second kappa shape index (κ2) is 5.44. The zero-order valence-corrected chi connectivity index (χ0v) is 11.6. The Morgan fingerprint density at radius 3 is 2.71 bits per heavy atom. The number of anilines is 1. The summed E-state index contributed by atoms with van der Waals surface area (Å²) in [5.41, 5.74) is 1.19. The molecule has 0 radical (unpaired) electrons. The van der Waals surface area contributed by atoms with Crippen LogP contribution >= 0.6 is 0 Å². The van der Waals surface area contributed by atoms with E-state index in [-0.39, 0.29) is 12.5 Å². The number of nitrogens with one attached hydrogen (secondary N) is 1. The van der Waals surface area contributed by atoms with Crippen molar-refractivity contribution >= 4 is 16.9 Å². The van der Waals surface area contributed by atoms with Gasteiger partial charge in [-0.05, 0) is 13.8 Å². The van der Waals surface area contributed by atoms with Crippen LogP contribution in [0.4, 0.5) is 5.82 Å². The SMILES string of the molecule is Cc1nc(NCCc2noc(CO)n2)c2c(C)noc2n1. The van der Waals surface area contributed by atoms with Gasteiger partial charge in [-0.2, -0.15) is 9.97 Å². The molecule has 3 heterocycles. The summed E-state index contributed by atoms with van der Waals surface area (Å²) >= 11 is 0. The molecule has 3 rings (SSSR count). The summed E-state index contributed by atoms with van der Waals surface area (Å²) < 4.78 is 9.97. The van der Waals surface area contributed by atoms with Crippen molar-refractivity contribution in [3.05, 3.63) is 23.2 Å². The lowest BCUT2D eigenvalue weighted by Crippen LogP contribution is -2.09. The Bertz CT molecular complexity index is 766. The molecule has 0 atom stereocenters. The van der Waals surface area contributed by atoms with Crippen LogP contribution in [0.25, 0.3) is 11.1 Å². The van der Waals surface area contributed by atoms with Crippen molar-refractivity contribution < 1.29 is 14.2 Å². The Hall–Kier alpha value is -2.55. The largest absolute Gasteiger partial charge is 0.387 e. The number of hydrogen-bond donors (Lipinski definition) is 2. The first-order valence-electron chi connectivity index (χ1n) is 6.44. The average molecular weight is 290 g/mol. The van der Waals surface area contributed by atoms with Crippen LogP contribution in [0.3, 0.4) is 0 Å². The van der Waals surface area contributed by atoms with Crippen LogP contribution in [-0.2, 0) is 13.0 Å². The molecule has 21 heavy (non-hydrogen) atoms. The van der Waals surface area contributed by atoms with Crippen LogP contribution in [0.1, 0.15) is 23.2 Å². The van der Waals surface area contributed by atoms with Crippen LogP contribution in [0, 0.1) is 13.8 Å². The highest BCUT2D eigenvalue weighted by Gasteiger charge is 2.13. The minimum absolute atomic E-state index is 0.208. The number of rotatable bonds is 5. The standard InChI is InChI=1S/C12H14N6O3/c1-6-10-11(14-7(2)15-12(10)21-17-6)13-4-3-8-16-9(5-19)20-18-8/h19H,3-5H2,1-2H3,(H,13,14,15). The number of fused-ring (bicyclic) bond motifs is 1. The molecular weight excluding hydrogens is 276 g/mol. The quantitative estimate of drug-likeness (QED) is 0.700. The lowest BCUT2D eigenvalue weighted by atomic mass is 10.3. The molecule has 0 fully saturated rings. The number of nitrogens with zero attached hydrogens (tertiary/aromatic N) is 5. The third kappa shape index (κ3) is 2.68. The average Bonchev–Trinajstić information content (AvgIpc) is 3.06. The molecule has 0 saturated heterocycles. The van der Waals surface area contributed by atoms with E-state index in [4.69, 9.17) is 14.2 Å². The molecule has 3 aromatic heterocycles. The first-order chi connectivity index (χ1) is 10.2. The second-order valence-corrected chi connectivity index (χ2v) is 4.51. The number of aryl methyl sites for hydroxylation is 2. The molecule has 0 aliphatic rings. The van der Waals surface area contributed by atoms with Gasteiger partial charge < -0.3 is 19.5 Å². The van der Waals surface area contributed by atoms with E-state index in [0.717, 1.165) is 11.1 Å². The fourth-order valence-corrected chi connectivity index (χ4v) is 1.97. The first kappa shape index (κ1) is 13.4. The lowest BCUT2D eigenvalue weighted by Gasteiger charge is -2.05. The fraction of sp³-hybridized carbons (Fsp3) is 0.417. The van der Waals surface area contributed by atoms with E-state index in [9.17, 15) is 0 Å². The second-order valence-electron chi connectivity index (χ2n) is 4.51. The molecule has 0 bridgehead atoms. The zero-order chi connectivity index (χ0) is 14.8.